The Hall–Kier alpha value is -2.63. The highest BCUT2D eigenvalue weighted by Crippen LogP contribution is 2.42. The number of nitrogens with zero attached hydrogens (tertiary/aromatic N) is 3. The van der Waals surface area contributed by atoms with Crippen LogP contribution >= 0.6 is 0 Å². The second kappa shape index (κ2) is 4.43. The standard InChI is InChI=1S/C16H17N5O/c1-8-14(9(2)21(3)20-8)11-6-13(22)18-12-5-4-10-7-17-19-16(10)15(11)12/h4-5,7,11H,6H2,1-3H3,(H,17,19)(H,18,22). The van der Waals surface area contributed by atoms with Crippen LogP contribution in [0, 0.1) is 13.8 Å². The molecule has 6 nitrogen and oxygen atoms in total. The van der Waals surface area contributed by atoms with Crippen molar-refractivity contribution in [1.82, 2.24) is 20.0 Å². The van der Waals surface area contributed by atoms with E-state index >= 15 is 0 Å². The van der Waals surface area contributed by atoms with Crippen LogP contribution in [0.15, 0.2) is 18.3 Å². The van der Waals surface area contributed by atoms with E-state index in [9.17, 15) is 4.79 Å². The first-order valence-corrected chi connectivity index (χ1v) is 7.32. The second-order valence-electron chi connectivity index (χ2n) is 5.87. The van der Waals surface area contributed by atoms with Gasteiger partial charge in [-0.05, 0) is 26.0 Å². The van der Waals surface area contributed by atoms with Gasteiger partial charge in [-0.2, -0.15) is 10.2 Å². The molecule has 6 heteroatoms. The Bertz CT molecular complexity index is 905. The SMILES string of the molecule is Cc1nn(C)c(C)c1C1CC(=O)Nc2ccc3cn[nH]c3c21. The number of aromatic amines is 1. The fraction of sp³-hybridized carbons (Fsp3) is 0.312. The lowest BCUT2D eigenvalue weighted by atomic mass is 9.82. The number of carbonyl (C=O) groups is 1. The molecule has 1 aliphatic rings. The summed E-state index contributed by atoms with van der Waals surface area (Å²) in [6, 6.07) is 3.93. The number of fused-ring (bicyclic) bond motifs is 3. The molecule has 3 aromatic rings. The van der Waals surface area contributed by atoms with Gasteiger partial charge < -0.3 is 5.32 Å². The van der Waals surface area contributed by atoms with Crippen LogP contribution in [-0.2, 0) is 11.8 Å². The lowest BCUT2D eigenvalue weighted by Crippen LogP contribution is -2.24. The van der Waals surface area contributed by atoms with E-state index in [0.717, 1.165) is 39.1 Å². The van der Waals surface area contributed by atoms with E-state index in [4.69, 9.17) is 0 Å². The summed E-state index contributed by atoms with van der Waals surface area (Å²) < 4.78 is 1.88. The molecular formula is C16H17N5O. The number of nitrogens with one attached hydrogen (secondary N) is 2. The summed E-state index contributed by atoms with van der Waals surface area (Å²) >= 11 is 0. The number of hydrogen-bond donors (Lipinski definition) is 2. The van der Waals surface area contributed by atoms with Crippen LogP contribution in [0.25, 0.3) is 10.9 Å². The number of hydrogen-bond acceptors (Lipinski definition) is 3. The number of amides is 1. The smallest absolute Gasteiger partial charge is 0.225 e. The molecule has 2 aromatic heterocycles. The van der Waals surface area contributed by atoms with Crippen molar-refractivity contribution in [3.63, 3.8) is 0 Å². The van der Waals surface area contributed by atoms with Gasteiger partial charge in [-0.15, -0.1) is 0 Å². The molecule has 2 N–H and O–H groups in total. The van der Waals surface area contributed by atoms with Gasteiger partial charge in [0, 0.05) is 47.3 Å². The lowest BCUT2D eigenvalue weighted by Gasteiger charge is -2.26. The summed E-state index contributed by atoms with van der Waals surface area (Å²) in [5.74, 6) is 0.0422. The highest BCUT2D eigenvalue weighted by Gasteiger charge is 2.32. The fourth-order valence-electron chi connectivity index (χ4n) is 3.54. The van der Waals surface area contributed by atoms with Crippen LogP contribution in [0.1, 0.15) is 34.9 Å². The van der Waals surface area contributed by atoms with Crippen LogP contribution in [0.5, 0.6) is 0 Å². The molecule has 1 aliphatic heterocycles. The first-order chi connectivity index (χ1) is 10.6. The average Bonchev–Trinajstić information content (AvgIpc) is 3.03. The van der Waals surface area contributed by atoms with Gasteiger partial charge in [-0.3, -0.25) is 14.6 Å². The minimum atomic E-state index is 0.00148. The van der Waals surface area contributed by atoms with E-state index in [1.54, 1.807) is 0 Å². The molecule has 0 radical (unpaired) electrons. The van der Waals surface area contributed by atoms with Crippen molar-refractivity contribution in [3.05, 3.63) is 40.8 Å². The molecule has 1 amide bonds. The predicted molar refractivity (Wildman–Crippen MR) is 83.9 cm³/mol. The van der Waals surface area contributed by atoms with Crippen molar-refractivity contribution in [1.29, 1.82) is 0 Å². The van der Waals surface area contributed by atoms with Gasteiger partial charge in [0.1, 0.15) is 0 Å². The van der Waals surface area contributed by atoms with Gasteiger partial charge in [0.2, 0.25) is 5.91 Å². The number of aromatic nitrogens is 4. The average molecular weight is 295 g/mol. The Kier molecular flexibility index (Phi) is 2.63. The fourth-order valence-corrected chi connectivity index (χ4v) is 3.54. The molecule has 0 fully saturated rings. The molecule has 1 unspecified atom stereocenters. The zero-order chi connectivity index (χ0) is 15.4. The second-order valence-corrected chi connectivity index (χ2v) is 5.87. The molecule has 1 aromatic carbocycles. The topological polar surface area (TPSA) is 75.6 Å². The molecule has 4 rings (SSSR count). The Balaban J connectivity index is 2.02. The van der Waals surface area contributed by atoms with Gasteiger partial charge in [0.05, 0.1) is 17.4 Å². The van der Waals surface area contributed by atoms with Crippen LogP contribution in [0.4, 0.5) is 5.69 Å². The van der Waals surface area contributed by atoms with E-state index in [0.29, 0.717) is 6.42 Å². The summed E-state index contributed by atoms with van der Waals surface area (Å²) in [5, 5.41) is 15.8. The number of rotatable bonds is 1. The molecule has 1 atom stereocenters. The van der Waals surface area contributed by atoms with Gasteiger partial charge in [-0.1, -0.05) is 0 Å². The molecule has 0 saturated carbocycles. The van der Waals surface area contributed by atoms with Gasteiger partial charge in [-0.25, -0.2) is 0 Å². The van der Waals surface area contributed by atoms with Gasteiger partial charge >= 0.3 is 0 Å². The maximum atomic E-state index is 12.1. The monoisotopic (exact) mass is 295 g/mol. The number of H-pyrrole nitrogens is 1. The van der Waals surface area contributed by atoms with Crippen LogP contribution in [0.2, 0.25) is 0 Å². The van der Waals surface area contributed by atoms with Crippen molar-refractivity contribution < 1.29 is 4.79 Å². The summed E-state index contributed by atoms with van der Waals surface area (Å²) in [4.78, 5) is 12.1. The first kappa shape index (κ1) is 13.1. The normalized spacial score (nSPS) is 17.6. The van der Waals surface area contributed by atoms with Crippen molar-refractivity contribution >= 4 is 22.5 Å². The first-order valence-electron chi connectivity index (χ1n) is 7.32. The zero-order valence-corrected chi connectivity index (χ0v) is 12.8. The Labute approximate surface area is 127 Å². The van der Waals surface area contributed by atoms with Crippen molar-refractivity contribution in [2.45, 2.75) is 26.2 Å². The van der Waals surface area contributed by atoms with E-state index in [2.05, 4.69) is 27.5 Å². The lowest BCUT2D eigenvalue weighted by molar-refractivity contribution is -0.116. The number of anilines is 1. The molecular weight excluding hydrogens is 278 g/mol. The Morgan fingerprint density at radius 1 is 1.27 bits per heavy atom. The minimum Gasteiger partial charge on any atom is -0.326 e. The summed E-state index contributed by atoms with van der Waals surface area (Å²) in [5.41, 5.74) is 6.17. The molecule has 0 saturated heterocycles. The molecule has 0 aliphatic carbocycles. The third-order valence-electron chi connectivity index (χ3n) is 4.58. The Morgan fingerprint density at radius 2 is 2.09 bits per heavy atom. The minimum absolute atomic E-state index is 0.00148. The summed E-state index contributed by atoms with van der Waals surface area (Å²) in [6.45, 7) is 4.05. The summed E-state index contributed by atoms with van der Waals surface area (Å²) in [6.07, 6.45) is 2.24. The number of carbonyl (C=O) groups excluding carboxylic acids is 1. The third-order valence-corrected chi connectivity index (χ3v) is 4.58. The molecule has 0 spiro atoms. The van der Waals surface area contributed by atoms with Crippen LogP contribution in [0.3, 0.4) is 0 Å². The van der Waals surface area contributed by atoms with Crippen LogP contribution < -0.4 is 5.32 Å². The van der Waals surface area contributed by atoms with Crippen LogP contribution in [-0.4, -0.2) is 25.9 Å². The largest absolute Gasteiger partial charge is 0.326 e. The highest BCUT2D eigenvalue weighted by atomic mass is 16.1. The predicted octanol–water partition coefficient (Wildman–Crippen LogP) is 2.39. The molecule has 3 heterocycles. The van der Waals surface area contributed by atoms with E-state index in [1.807, 2.05) is 37.0 Å². The van der Waals surface area contributed by atoms with Gasteiger partial charge in [0.25, 0.3) is 0 Å². The molecule has 0 bridgehead atoms. The van der Waals surface area contributed by atoms with E-state index in [-0.39, 0.29) is 11.8 Å². The van der Waals surface area contributed by atoms with E-state index in [1.165, 1.54) is 0 Å². The van der Waals surface area contributed by atoms with Crippen molar-refractivity contribution in [3.8, 4) is 0 Å². The molecule has 22 heavy (non-hydrogen) atoms. The third kappa shape index (κ3) is 1.70. The Morgan fingerprint density at radius 3 is 2.82 bits per heavy atom. The van der Waals surface area contributed by atoms with E-state index < -0.39 is 0 Å². The quantitative estimate of drug-likeness (QED) is 0.723. The molecule has 112 valence electrons. The summed E-state index contributed by atoms with van der Waals surface area (Å²) in [7, 11) is 1.94. The maximum absolute atomic E-state index is 12.1. The maximum Gasteiger partial charge on any atom is 0.225 e. The number of aryl methyl sites for hydroxylation is 2. The zero-order valence-electron chi connectivity index (χ0n) is 12.8. The number of benzene rings is 1. The van der Waals surface area contributed by atoms with Gasteiger partial charge in [0.15, 0.2) is 0 Å². The highest BCUT2D eigenvalue weighted by molar-refractivity contribution is 6.00. The van der Waals surface area contributed by atoms with Crippen molar-refractivity contribution in [2.75, 3.05) is 5.32 Å². The van der Waals surface area contributed by atoms with Crippen molar-refractivity contribution in [2.24, 2.45) is 7.05 Å².